The predicted molar refractivity (Wildman–Crippen MR) is 74.2 cm³/mol. The van der Waals surface area contributed by atoms with Gasteiger partial charge in [0.2, 0.25) is 17.7 Å². The molecule has 1 aromatic heterocycles. The van der Waals surface area contributed by atoms with Crippen molar-refractivity contribution in [3.8, 4) is 0 Å². The Morgan fingerprint density at radius 3 is 2.50 bits per heavy atom. The van der Waals surface area contributed by atoms with Crippen LogP contribution < -0.4 is 16.4 Å². The Hall–Kier alpha value is -2.45. The van der Waals surface area contributed by atoms with Gasteiger partial charge in [0.25, 0.3) is 0 Å². The van der Waals surface area contributed by atoms with Gasteiger partial charge in [0.1, 0.15) is 5.69 Å². The first-order chi connectivity index (χ1) is 9.10. The molecule has 4 N–H and O–H groups in total. The topological polar surface area (TPSA) is 136 Å². The van der Waals surface area contributed by atoms with Gasteiger partial charge in [-0.2, -0.15) is 4.98 Å². The molecule has 0 unspecified atom stereocenters. The van der Waals surface area contributed by atoms with Crippen LogP contribution in [-0.2, 0) is 4.79 Å². The molecule has 0 atom stereocenters. The number of nitrogens with zero attached hydrogens (tertiary/aromatic N) is 3. The van der Waals surface area contributed by atoms with Gasteiger partial charge in [0.15, 0.2) is 0 Å². The van der Waals surface area contributed by atoms with E-state index < -0.39 is 4.92 Å². The molecule has 0 aromatic carbocycles. The summed E-state index contributed by atoms with van der Waals surface area (Å²) in [5.41, 5.74) is 4.92. The molecule has 0 saturated heterocycles. The molecule has 0 aliphatic heterocycles. The average molecular weight is 282 g/mol. The van der Waals surface area contributed by atoms with Crippen LogP contribution in [0.3, 0.4) is 0 Å². The Morgan fingerprint density at radius 2 is 2.00 bits per heavy atom. The lowest BCUT2D eigenvalue weighted by Gasteiger charge is -2.20. The number of anilines is 2. The molecule has 0 bridgehead atoms. The van der Waals surface area contributed by atoms with E-state index in [0.29, 0.717) is 0 Å². The molecule has 20 heavy (non-hydrogen) atoms. The summed E-state index contributed by atoms with van der Waals surface area (Å²) < 4.78 is 0. The molecule has 1 rings (SSSR count). The van der Waals surface area contributed by atoms with Crippen molar-refractivity contribution in [2.75, 3.05) is 17.6 Å². The molecule has 1 aromatic rings. The number of carbonyl (C=O) groups excluding carboxylic acids is 1. The van der Waals surface area contributed by atoms with Crippen molar-refractivity contribution in [2.24, 2.45) is 0 Å². The number of carbonyl (C=O) groups is 1. The number of aryl methyl sites for hydroxylation is 1. The van der Waals surface area contributed by atoms with Gasteiger partial charge in [-0.1, -0.05) is 0 Å². The minimum Gasteiger partial charge on any atom is -0.368 e. The van der Waals surface area contributed by atoms with Gasteiger partial charge in [-0.15, -0.1) is 0 Å². The molecular formula is C11H18N6O3. The van der Waals surface area contributed by atoms with Crippen molar-refractivity contribution in [3.05, 3.63) is 15.8 Å². The lowest BCUT2D eigenvalue weighted by molar-refractivity contribution is -0.385. The summed E-state index contributed by atoms with van der Waals surface area (Å²) in [5, 5.41) is 16.3. The smallest absolute Gasteiger partial charge is 0.332 e. The van der Waals surface area contributed by atoms with E-state index in [4.69, 9.17) is 5.73 Å². The fourth-order valence-corrected chi connectivity index (χ4v) is 1.56. The largest absolute Gasteiger partial charge is 0.368 e. The van der Waals surface area contributed by atoms with Crippen molar-refractivity contribution in [2.45, 2.75) is 33.2 Å². The van der Waals surface area contributed by atoms with Crippen LogP contribution in [0.5, 0.6) is 0 Å². The normalized spacial score (nSPS) is 11.0. The minimum absolute atomic E-state index is 0.0657. The molecule has 9 nitrogen and oxygen atoms in total. The molecule has 110 valence electrons. The SMILES string of the molecule is Cc1nc(N)nc(NCC(=O)NC(C)(C)C)c1[N+](=O)[O-]. The first-order valence-corrected chi connectivity index (χ1v) is 5.93. The highest BCUT2D eigenvalue weighted by Gasteiger charge is 2.22. The first kappa shape index (κ1) is 15.6. The number of hydrogen-bond donors (Lipinski definition) is 3. The van der Waals surface area contributed by atoms with Crippen LogP contribution in [0.1, 0.15) is 26.5 Å². The molecule has 0 aliphatic carbocycles. The Morgan fingerprint density at radius 1 is 1.40 bits per heavy atom. The Labute approximate surface area is 116 Å². The van der Waals surface area contributed by atoms with Crippen LogP contribution >= 0.6 is 0 Å². The summed E-state index contributed by atoms with van der Waals surface area (Å²) in [6.07, 6.45) is 0. The predicted octanol–water partition coefficient (Wildman–Crippen LogP) is 0.602. The fourth-order valence-electron chi connectivity index (χ4n) is 1.56. The Balaban J connectivity index is 2.88. The second-order valence-corrected chi connectivity index (χ2v) is 5.27. The monoisotopic (exact) mass is 282 g/mol. The molecule has 0 spiro atoms. The van der Waals surface area contributed by atoms with Gasteiger partial charge >= 0.3 is 5.69 Å². The van der Waals surface area contributed by atoms with Crippen molar-refractivity contribution in [1.82, 2.24) is 15.3 Å². The van der Waals surface area contributed by atoms with Crippen LogP contribution in [0, 0.1) is 17.0 Å². The minimum atomic E-state index is -0.612. The summed E-state index contributed by atoms with van der Waals surface area (Å²) in [6, 6.07) is 0. The molecule has 0 fully saturated rings. The van der Waals surface area contributed by atoms with Gasteiger partial charge in [-0.3, -0.25) is 14.9 Å². The fraction of sp³-hybridized carbons (Fsp3) is 0.545. The van der Waals surface area contributed by atoms with Crippen molar-refractivity contribution >= 4 is 23.4 Å². The molecule has 0 radical (unpaired) electrons. The highest BCUT2D eigenvalue weighted by molar-refractivity contribution is 5.81. The van der Waals surface area contributed by atoms with Gasteiger partial charge in [-0.05, 0) is 27.7 Å². The van der Waals surface area contributed by atoms with Gasteiger partial charge in [0, 0.05) is 5.54 Å². The standard InChI is InChI=1S/C11H18N6O3/c1-6-8(17(19)20)9(15-10(12)14-6)13-5-7(18)16-11(2,3)4/h5H2,1-4H3,(H,16,18)(H3,12,13,14,15). The van der Waals surface area contributed by atoms with Gasteiger partial charge < -0.3 is 16.4 Å². The molecule has 1 amide bonds. The van der Waals surface area contributed by atoms with Crippen LogP contribution in [-0.4, -0.2) is 32.9 Å². The van der Waals surface area contributed by atoms with Gasteiger partial charge in [-0.25, -0.2) is 4.98 Å². The van der Waals surface area contributed by atoms with E-state index in [1.165, 1.54) is 6.92 Å². The maximum absolute atomic E-state index is 11.7. The van der Waals surface area contributed by atoms with E-state index in [9.17, 15) is 14.9 Å². The van der Waals surface area contributed by atoms with Gasteiger partial charge in [0.05, 0.1) is 11.5 Å². The number of amides is 1. The quantitative estimate of drug-likeness (QED) is 0.543. The van der Waals surface area contributed by atoms with E-state index in [-0.39, 0.29) is 41.1 Å². The van der Waals surface area contributed by atoms with E-state index in [1.807, 2.05) is 20.8 Å². The molecule has 0 saturated carbocycles. The Bertz CT molecular complexity index is 538. The highest BCUT2D eigenvalue weighted by atomic mass is 16.6. The third-order valence-electron chi connectivity index (χ3n) is 2.19. The number of nitrogens with one attached hydrogen (secondary N) is 2. The van der Waals surface area contributed by atoms with Crippen molar-refractivity contribution in [1.29, 1.82) is 0 Å². The maximum atomic E-state index is 11.7. The number of aromatic nitrogens is 2. The van der Waals surface area contributed by atoms with E-state index in [0.717, 1.165) is 0 Å². The van der Waals surface area contributed by atoms with Crippen molar-refractivity contribution < 1.29 is 9.72 Å². The average Bonchev–Trinajstić information content (AvgIpc) is 2.22. The van der Waals surface area contributed by atoms with E-state index in [2.05, 4.69) is 20.6 Å². The number of nitro groups is 1. The van der Waals surface area contributed by atoms with Crippen LogP contribution in [0.15, 0.2) is 0 Å². The van der Waals surface area contributed by atoms with Crippen LogP contribution in [0.25, 0.3) is 0 Å². The van der Waals surface area contributed by atoms with Crippen LogP contribution in [0.4, 0.5) is 17.5 Å². The third kappa shape index (κ3) is 4.34. The zero-order chi connectivity index (χ0) is 15.5. The Kier molecular flexibility index (Phi) is 4.43. The number of nitrogens with two attached hydrogens (primary N) is 1. The molecule has 0 aliphatic rings. The first-order valence-electron chi connectivity index (χ1n) is 5.93. The third-order valence-corrected chi connectivity index (χ3v) is 2.19. The van der Waals surface area contributed by atoms with Crippen molar-refractivity contribution in [3.63, 3.8) is 0 Å². The maximum Gasteiger partial charge on any atom is 0.332 e. The van der Waals surface area contributed by atoms with E-state index >= 15 is 0 Å². The lowest BCUT2D eigenvalue weighted by atomic mass is 10.1. The number of nitrogen functional groups attached to an aromatic ring is 1. The lowest BCUT2D eigenvalue weighted by Crippen LogP contribution is -2.43. The zero-order valence-electron chi connectivity index (χ0n) is 11.9. The molecule has 9 heteroatoms. The summed E-state index contributed by atoms with van der Waals surface area (Å²) in [7, 11) is 0. The molecule has 1 heterocycles. The number of hydrogen-bond acceptors (Lipinski definition) is 7. The zero-order valence-corrected chi connectivity index (χ0v) is 11.9. The summed E-state index contributed by atoms with van der Waals surface area (Å²) >= 11 is 0. The second kappa shape index (κ2) is 5.68. The summed E-state index contributed by atoms with van der Waals surface area (Å²) in [6.45, 7) is 6.81. The van der Waals surface area contributed by atoms with E-state index in [1.54, 1.807) is 0 Å². The summed E-state index contributed by atoms with van der Waals surface area (Å²) in [5.74, 6) is -0.461. The molecular weight excluding hydrogens is 264 g/mol. The second-order valence-electron chi connectivity index (χ2n) is 5.27. The highest BCUT2D eigenvalue weighted by Crippen LogP contribution is 2.25. The number of rotatable bonds is 4. The summed E-state index contributed by atoms with van der Waals surface area (Å²) in [4.78, 5) is 29.5. The van der Waals surface area contributed by atoms with Crippen LogP contribution in [0.2, 0.25) is 0 Å².